The van der Waals surface area contributed by atoms with Crippen LogP contribution in [0.2, 0.25) is 5.02 Å². The lowest BCUT2D eigenvalue weighted by molar-refractivity contribution is 0.0526. The summed E-state index contributed by atoms with van der Waals surface area (Å²) in [5.74, 6) is 1.09. The number of benzene rings is 2. The molecule has 2 aromatic carbocycles. The van der Waals surface area contributed by atoms with Gasteiger partial charge in [0.1, 0.15) is 18.1 Å². The first-order valence-electron chi connectivity index (χ1n) is 11.3. The Balaban J connectivity index is 1.67. The number of methoxy groups -OCH3 is 1. The van der Waals surface area contributed by atoms with Crippen molar-refractivity contribution < 1.29 is 19.0 Å². The highest BCUT2D eigenvalue weighted by Crippen LogP contribution is 2.39. The fraction of sp³-hybridized carbons (Fsp3) is 0.214. The van der Waals surface area contributed by atoms with Crippen LogP contribution >= 0.6 is 11.6 Å². The Morgan fingerprint density at radius 2 is 1.89 bits per heavy atom. The lowest BCUT2D eigenvalue weighted by Gasteiger charge is -2.32. The lowest BCUT2D eigenvalue weighted by atomic mass is 10.0. The number of hydrogen-bond donors (Lipinski definition) is 0. The van der Waals surface area contributed by atoms with E-state index in [1.54, 1.807) is 26.3 Å². The number of allylic oxidation sites excluding steroid dienone is 3. The molecule has 2 heterocycles. The van der Waals surface area contributed by atoms with Crippen molar-refractivity contribution in [3.63, 3.8) is 0 Å². The Hall–Kier alpha value is -3.77. The van der Waals surface area contributed by atoms with E-state index in [2.05, 4.69) is 17.1 Å². The average molecular weight is 491 g/mol. The van der Waals surface area contributed by atoms with Crippen molar-refractivity contribution >= 4 is 29.0 Å². The summed E-state index contributed by atoms with van der Waals surface area (Å²) in [6.07, 6.45) is 8.21. The van der Waals surface area contributed by atoms with Crippen molar-refractivity contribution in [2.45, 2.75) is 26.9 Å². The topological polar surface area (TPSA) is 60.9 Å². The molecule has 0 bridgehead atoms. The lowest BCUT2D eigenvalue weighted by Crippen LogP contribution is -2.22. The number of aromatic nitrogens is 1. The average Bonchev–Trinajstić information content (AvgIpc) is 2.88. The minimum absolute atomic E-state index is 0.300. The van der Waals surface area contributed by atoms with Gasteiger partial charge in [0.15, 0.2) is 0 Å². The molecule has 6 nitrogen and oxygen atoms in total. The second-order valence-electron chi connectivity index (χ2n) is 7.94. The van der Waals surface area contributed by atoms with Crippen molar-refractivity contribution in [1.29, 1.82) is 0 Å². The summed E-state index contributed by atoms with van der Waals surface area (Å²) in [6.45, 7) is 4.49. The molecule has 0 amide bonds. The number of hydrogen-bond acceptors (Lipinski definition) is 6. The maximum Gasteiger partial charge on any atom is 0.339 e. The van der Waals surface area contributed by atoms with E-state index in [9.17, 15) is 4.79 Å². The second kappa shape index (κ2) is 11.1. The highest BCUT2D eigenvalue weighted by molar-refractivity contribution is 6.30. The summed E-state index contributed by atoms with van der Waals surface area (Å²) in [5, 5.41) is 0.600. The van der Waals surface area contributed by atoms with Gasteiger partial charge in [0.05, 0.1) is 36.9 Å². The third-order valence-electron chi connectivity index (χ3n) is 5.58. The summed E-state index contributed by atoms with van der Waals surface area (Å²) in [4.78, 5) is 18.7. The van der Waals surface area contributed by atoms with Gasteiger partial charge < -0.3 is 19.1 Å². The van der Waals surface area contributed by atoms with Crippen LogP contribution in [0.5, 0.6) is 11.5 Å². The standard InChI is InChI=1S/C28H27ClN2O4/c1-4-34-28(32)21-14-23(17-30-16-21)31-19(2)6-5-7-26(31)25-15-22(29)10-13-27(25)35-18-20-8-11-24(33-3)12-9-20/h6-17H,4-5,18H2,1-3H3. The fourth-order valence-corrected chi connectivity index (χ4v) is 4.05. The van der Waals surface area contributed by atoms with Crippen molar-refractivity contribution in [2.24, 2.45) is 0 Å². The highest BCUT2D eigenvalue weighted by Gasteiger charge is 2.23. The zero-order valence-electron chi connectivity index (χ0n) is 20.0. The number of anilines is 1. The van der Waals surface area contributed by atoms with Crippen LogP contribution in [0.1, 0.15) is 41.8 Å². The molecule has 1 aliphatic heterocycles. The molecular formula is C28H27ClN2O4. The van der Waals surface area contributed by atoms with E-state index >= 15 is 0 Å². The minimum atomic E-state index is -0.405. The molecule has 0 spiro atoms. The number of esters is 1. The van der Waals surface area contributed by atoms with Crippen molar-refractivity contribution in [1.82, 2.24) is 4.98 Å². The number of ether oxygens (including phenoxy) is 3. The van der Waals surface area contributed by atoms with E-state index in [0.717, 1.165) is 40.4 Å². The summed E-state index contributed by atoms with van der Waals surface area (Å²) in [7, 11) is 1.64. The molecule has 180 valence electrons. The molecule has 0 fully saturated rings. The monoisotopic (exact) mass is 490 g/mol. The van der Waals surface area contributed by atoms with Crippen LogP contribution in [-0.2, 0) is 11.3 Å². The summed E-state index contributed by atoms with van der Waals surface area (Å²) in [5.41, 5.74) is 4.91. The van der Waals surface area contributed by atoms with Gasteiger partial charge in [0.2, 0.25) is 0 Å². The van der Waals surface area contributed by atoms with Gasteiger partial charge in [0.25, 0.3) is 0 Å². The van der Waals surface area contributed by atoms with Crippen molar-refractivity contribution in [2.75, 3.05) is 18.6 Å². The Kier molecular flexibility index (Phi) is 7.73. The van der Waals surface area contributed by atoms with Gasteiger partial charge in [-0.1, -0.05) is 35.9 Å². The number of rotatable bonds is 8. The van der Waals surface area contributed by atoms with Gasteiger partial charge in [-0.25, -0.2) is 4.79 Å². The van der Waals surface area contributed by atoms with Crippen molar-refractivity contribution in [3.05, 3.63) is 100 Å². The molecule has 0 aliphatic carbocycles. The molecule has 0 N–H and O–H groups in total. The SMILES string of the molecule is CCOC(=O)c1cncc(N2C(C)=CCC=C2c2cc(Cl)ccc2OCc2ccc(OC)cc2)c1. The van der Waals surface area contributed by atoms with Crippen LogP contribution in [-0.4, -0.2) is 24.7 Å². The van der Waals surface area contributed by atoms with E-state index < -0.39 is 5.97 Å². The third-order valence-corrected chi connectivity index (χ3v) is 5.82. The van der Waals surface area contributed by atoms with E-state index in [1.807, 2.05) is 54.3 Å². The van der Waals surface area contributed by atoms with Crippen LogP contribution in [0.15, 0.2) is 78.8 Å². The third kappa shape index (κ3) is 5.66. The van der Waals surface area contributed by atoms with Gasteiger partial charge >= 0.3 is 5.97 Å². The van der Waals surface area contributed by atoms with Gasteiger partial charge in [-0.2, -0.15) is 0 Å². The molecule has 0 atom stereocenters. The van der Waals surface area contributed by atoms with Gasteiger partial charge in [-0.3, -0.25) is 4.98 Å². The van der Waals surface area contributed by atoms with Crippen molar-refractivity contribution in [3.8, 4) is 11.5 Å². The molecule has 0 saturated carbocycles. The molecule has 0 radical (unpaired) electrons. The van der Waals surface area contributed by atoms with Crippen LogP contribution in [0, 0.1) is 0 Å². The van der Waals surface area contributed by atoms with E-state index in [0.29, 0.717) is 29.5 Å². The molecule has 1 aromatic heterocycles. The number of halogens is 1. The normalized spacial score (nSPS) is 13.1. The first-order chi connectivity index (χ1) is 17.0. The molecule has 4 rings (SSSR count). The summed E-state index contributed by atoms with van der Waals surface area (Å²) < 4.78 is 16.6. The summed E-state index contributed by atoms with van der Waals surface area (Å²) >= 11 is 6.41. The first-order valence-corrected chi connectivity index (χ1v) is 11.7. The molecule has 35 heavy (non-hydrogen) atoms. The van der Waals surface area contributed by atoms with Gasteiger partial charge in [-0.05, 0) is 62.2 Å². The molecule has 0 saturated heterocycles. The first kappa shape index (κ1) is 24.4. The predicted octanol–water partition coefficient (Wildman–Crippen LogP) is 6.65. The Morgan fingerprint density at radius 3 is 2.63 bits per heavy atom. The maximum atomic E-state index is 12.3. The Morgan fingerprint density at radius 1 is 1.09 bits per heavy atom. The van der Waals surface area contributed by atoms with Crippen LogP contribution < -0.4 is 14.4 Å². The number of pyridine rings is 1. The summed E-state index contributed by atoms with van der Waals surface area (Å²) in [6, 6.07) is 15.1. The minimum Gasteiger partial charge on any atom is -0.497 e. The highest BCUT2D eigenvalue weighted by atomic mass is 35.5. The van der Waals surface area contributed by atoms with Crippen LogP contribution in [0.25, 0.3) is 5.70 Å². The van der Waals surface area contributed by atoms with E-state index in [1.165, 1.54) is 6.20 Å². The Labute approximate surface area is 210 Å². The number of carbonyl (C=O) groups excluding carboxylic acids is 1. The largest absolute Gasteiger partial charge is 0.497 e. The van der Waals surface area contributed by atoms with Crippen LogP contribution in [0.3, 0.4) is 0 Å². The van der Waals surface area contributed by atoms with Crippen LogP contribution in [0.4, 0.5) is 5.69 Å². The fourth-order valence-electron chi connectivity index (χ4n) is 3.87. The predicted molar refractivity (Wildman–Crippen MR) is 138 cm³/mol. The second-order valence-corrected chi connectivity index (χ2v) is 8.37. The number of carbonyl (C=O) groups is 1. The van der Waals surface area contributed by atoms with E-state index in [4.69, 9.17) is 25.8 Å². The molecule has 0 unspecified atom stereocenters. The molecule has 7 heteroatoms. The molecule has 3 aromatic rings. The maximum absolute atomic E-state index is 12.3. The van der Waals surface area contributed by atoms with E-state index in [-0.39, 0.29) is 0 Å². The zero-order chi connectivity index (χ0) is 24.8. The zero-order valence-corrected chi connectivity index (χ0v) is 20.7. The Bertz CT molecular complexity index is 1270. The van der Waals surface area contributed by atoms with Gasteiger partial charge in [-0.15, -0.1) is 0 Å². The van der Waals surface area contributed by atoms with Gasteiger partial charge in [0, 0.05) is 22.5 Å². The number of nitrogens with zero attached hydrogens (tertiary/aromatic N) is 2. The molecular weight excluding hydrogens is 464 g/mol. The smallest absolute Gasteiger partial charge is 0.339 e. The quantitative estimate of drug-likeness (QED) is 0.329. The molecule has 1 aliphatic rings.